The van der Waals surface area contributed by atoms with Gasteiger partial charge in [0.1, 0.15) is 18.2 Å². The molecule has 0 bridgehead atoms. The molecule has 0 spiro atoms. The number of carboxylic acid groups (broad SMARTS) is 1. The van der Waals surface area contributed by atoms with Crippen LogP contribution in [0.15, 0.2) is 46.2 Å². The van der Waals surface area contributed by atoms with E-state index < -0.39 is 47.1 Å². The van der Waals surface area contributed by atoms with Crippen LogP contribution < -0.4 is 9.64 Å². The molecular weight excluding hydrogens is 521 g/mol. The lowest BCUT2D eigenvalue weighted by molar-refractivity contribution is -0.148. The number of ether oxygens (including phenoxy) is 1. The second-order valence-electron chi connectivity index (χ2n) is 9.51. The van der Waals surface area contributed by atoms with Crippen molar-refractivity contribution < 1.29 is 36.6 Å². The lowest BCUT2D eigenvalue weighted by Gasteiger charge is -2.30. The highest BCUT2D eigenvalue weighted by atomic mass is 32.2. The highest BCUT2D eigenvalue weighted by molar-refractivity contribution is 8.00. The van der Waals surface area contributed by atoms with Crippen molar-refractivity contribution in [2.45, 2.75) is 54.6 Å². The molecule has 1 N–H and O–H groups in total. The van der Waals surface area contributed by atoms with Gasteiger partial charge >= 0.3 is 11.2 Å². The van der Waals surface area contributed by atoms with Gasteiger partial charge in [-0.25, -0.2) is 13.2 Å². The predicted molar refractivity (Wildman–Crippen MR) is 133 cm³/mol. The Morgan fingerprint density at radius 2 is 1.86 bits per heavy atom. The third kappa shape index (κ3) is 6.79. The van der Waals surface area contributed by atoms with E-state index in [0.717, 1.165) is 0 Å². The van der Waals surface area contributed by atoms with Gasteiger partial charge < -0.3 is 14.7 Å². The van der Waals surface area contributed by atoms with Crippen molar-refractivity contribution in [2.24, 2.45) is 11.3 Å². The summed E-state index contributed by atoms with van der Waals surface area (Å²) in [4.78, 5) is 13.8. The average Bonchev–Trinajstić information content (AvgIpc) is 2.88. The molecule has 1 atom stereocenters. The fourth-order valence-corrected chi connectivity index (χ4v) is 5.26. The molecule has 0 aromatic heterocycles. The molecule has 1 heterocycles. The van der Waals surface area contributed by atoms with E-state index in [1.807, 2.05) is 0 Å². The topological polar surface area (TPSA) is 49.8 Å². The van der Waals surface area contributed by atoms with Gasteiger partial charge in [-0.3, -0.25) is 4.79 Å². The first-order valence-corrected chi connectivity index (χ1v) is 13.2. The molecule has 0 radical (unpaired) electrons. The van der Waals surface area contributed by atoms with Gasteiger partial charge in [-0.05, 0) is 81.6 Å². The molecule has 2 aromatic carbocycles. The van der Waals surface area contributed by atoms with Gasteiger partial charge in [-0.1, -0.05) is 0 Å². The van der Waals surface area contributed by atoms with Gasteiger partial charge in [0.05, 0.1) is 21.9 Å². The van der Waals surface area contributed by atoms with Crippen molar-refractivity contribution in [1.82, 2.24) is 0 Å². The Kier molecular flexibility index (Phi) is 8.44. The predicted octanol–water partition coefficient (Wildman–Crippen LogP) is 7.93. The summed E-state index contributed by atoms with van der Waals surface area (Å²) in [6.45, 7) is 3.24. The number of benzene rings is 2. The molecule has 0 aliphatic carbocycles. The van der Waals surface area contributed by atoms with Crippen molar-refractivity contribution in [3.05, 3.63) is 42.2 Å². The van der Waals surface area contributed by atoms with E-state index >= 15 is 8.78 Å². The van der Waals surface area contributed by atoms with Crippen molar-refractivity contribution in [3.8, 4) is 5.75 Å². The summed E-state index contributed by atoms with van der Waals surface area (Å²) in [5.74, 6) is -5.83. The smallest absolute Gasteiger partial charge is 0.312 e. The third-order valence-corrected chi connectivity index (χ3v) is 7.81. The first-order chi connectivity index (χ1) is 16.6. The molecule has 3 rings (SSSR count). The maximum atomic E-state index is 15.4. The maximum Gasteiger partial charge on any atom is 0.312 e. The summed E-state index contributed by atoms with van der Waals surface area (Å²) in [5, 5.41) is 6.00. The number of alkyl halides is 4. The zero-order valence-corrected chi connectivity index (χ0v) is 21.9. The number of aliphatic carboxylic acids is 1. The largest absolute Gasteiger partial charge is 0.491 e. The Morgan fingerprint density at radius 3 is 2.42 bits per heavy atom. The molecule has 1 aliphatic heterocycles. The maximum absolute atomic E-state index is 15.4. The lowest BCUT2D eigenvalue weighted by atomic mass is 9.95. The number of anilines is 2. The Morgan fingerprint density at radius 1 is 1.22 bits per heavy atom. The minimum atomic E-state index is -3.38. The molecule has 0 amide bonds. The summed E-state index contributed by atoms with van der Waals surface area (Å²) in [6, 6.07) is 8.43. The molecule has 4 nitrogen and oxygen atoms in total. The normalized spacial score (nSPS) is 17.9. The molecule has 0 saturated heterocycles. The number of rotatable bonds is 9. The van der Waals surface area contributed by atoms with Crippen LogP contribution in [0.4, 0.5) is 33.3 Å². The first-order valence-electron chi connectivity index (χ1n) is 11.2. The van der Waals surface area contributed by atoms with E-state index in [4.69, 9.17) is 4.74 Å². The van der Waals surface area contributed by atoms with Crippen molar-refractivity contribution in [1.29, 1.82) is 0 Å². The van der Waals surface area contributed by atoms with Gasteiger partial charge in [-0.15, -0.1) is 11.8 Å². The number of hydrogen-bond acceptors (Lipinski definition) is 5. The van der Waals surface area contributed by atoms with E-state index in [1.54, 1.807) is 17.2 Å². The Bertz CT molecular complexity index is 1090. The van der Waals surface area contributed by atoms with Gasteiger partial charge in [0.2, 0.25) is 5.92 Å². The zero-order valence-electron chi connectivity index (χ0n) is 20.3. The van der Waals surface area contributed by atoms with Gasteiger partial charge in [0, 0.05) is 23.5 Å². The quantitative estimate of drug-likeness (QED) is 0.253. The molecule has 2 aromatic rings. The van der Waals surface area contributed by atoms with Crippen molar-refractivity contribution in [2.75, 3.05) is 24.3 Å². The molecule has 0 fully saturated rings. The lowest BCUT2D eigenvalue weighted by Crippen LogP contribution is -2.34. The van der Waals surface area contributed by atoms with Crippen LogP contribution in [0.5, 0.6) is 5.75 Å². The van der Waals surface area contributed by atoms with E-state index in [1.165, 1.54) is 55.9 Å². The van der Waals surface area contributed by atoms with Crippen molar-refractivity contribution in [3.63, 3.8) is 0 Å². The van der Waals surface area contributed by atoms with E-state index in [0.29, 0.717) is 23.2 Å². The first kappa shape index (κ1) is 28.4. The van der Waals surface area contributed by atoms with Gasteiger partial charge in [-0.2, -0.15) is 8.78 Å². The second-order valence-corrected chi connectivity index (χ2v) is 11.5. The molecule has 36 heavy (non-hydrogen) atoms. The van der Waals surface area contributed by atoms with Crippen LogP contribution in [-0.2, 0) is 4.79 Å². The number of thioether (sulfide) groups is 2. The Labute approximate surface area is 215 Å². The molecule has 0 saturated carbocycles. The number of halogens is 5. The molecule has 11 heteroatoms. The summed E-state index contributed by atoms with van der Waals surface area (Å²) in [5.41, 5.74) is -0.362. The summed E-state index contributed by atoms with van der Waals surface area (Å²) in [6.07, 6.45) is 0.653. The average molecular weight is 550 g/mol. The van der Waals surface area contributed by atoms with Crippen LogP contribution in [-0.4, -0.2) is 41.7 Å². The van der Waals surface area contributed by atoms with Gasteiger partial charge in [0.25, 0.3) is 0 Å². The van der Waals surface area contributed by atoms with Gasteiger partial charge in [0.15, 0.2) is 0 Å². The number of carbonyl (C=O) groups is 1. The van der Waals surface area contributed by atoms with E-state index in [-0.39, 0.29) is 35.6 Å². The van der Waals surface area contributed by atoms with Crippen LogP contribution in [0, 0.1) is 17.2 Å². The highest BCUT2D eigenvalue weighted by Gasteiger charge is 2.46. The number of fused-ring (bicyclic) bond motifs is 1. The zero-order chi connectivity index (χ0) is 26.9. The fraction of sp³-hybridized carbons (Fsp3) is 0.480. The monoisotopic (exact) mass is 549 g/mol. The molecule has 1 unspecified atom stereocenters. The van der Waals surface area contributed by atoms with E-state index in [2.05, 4.69) is 0 Å². The van der Waals surface area contributed by atoms with Crippen LogP contribution in [0.1, 0.15) is 33.6 Å². The Hall–Kier alpha value is -2.14. The highest BCUT2D eigenvalue weighted by Crippen LogP contribution is 2.53. The minimum Gasteiger partial charge on any atom is -0.491 e. The van der Waals surface area contributed by atoms with Crippen LogP contribution in [0.25, 0.3) is 0 Å². The number of nitrogens with zero attached hydrogens (tertiary/aromatic N) is 1. The standard InChI is InChI=1S/C25H28F5NO3S2/c1-23(2,22(32)33)14-34-19-12-20-18(11-21(19)35-4)31(17-7-5-16(26)6-8-17)13-15(25(29,30)36-20)9-10-24(3,27)28/h5-8,11-12,15H,9-10,13-14H2,1-4H3,(H,32,33). The molecular formula is C25H28F5NO3S2. The SMILES string of the molecule is CSc1cc2c(cc1OCC(C)(C)C(=O)O)SC(F)(F)C(CCC(C)(F)F)CN2c1ccc(F)cc1. The minimum absolute atomic E-state index is 0.149. The summed E-state index contributed by atoms with van der Waals surface area (Å²) in [7, 11) is 0. The van der Waals surface area contributed by atoms with Crippen LogP contribution in [0.2, 0.25) is 0 Å². The van der Waals surface area contributed by atoms with E-state index in [9.17, 15) is 23.1 Å². The van der Waals surface area contributed by atoms with Crippen molar-refractivity contribution >= 4 is 40.9 Å². The number of hydrogen-bond donors (Lipinski definition) is 1. The third-order valence-electron chi connectivity index (χ3n) is 5.90. The number of carboxylic acids is 1. The Balaban J connectivity index is 2.08. The van der Waals surface area contributed by atoms with Crippen LogP contribution >= 0.6 is 23.5 Å². The fourth-order valence-electron chi connectivity index (χ4n) is 3.62. The summed E-state index contributed by atoms with van der Waals surface area (Å²) >= 11 is 1.56. The molecule has 198 valence electrons. The second kappa shape index (κ2) is 10.7. The molecule has 1 aliphatic rings. The summed E-state index contributed by atoms with van der Waals surface area (Å²) < 4.78 is 77.4. The van der Waals surface area contributed by atoms with Crippen LogP contribution in [0.3, 0.4) is 0 Å².